The summed E-state index contributed by atoms with van der Waals surface area (Å²) in [7, 11) is 1.64. The number of nitrogens with zero attached hydrogens (tertiary/aromatic N) is 4. The first-order valence-electron chi connectivity index (χ1n) is 9.45. The Balaban J connectivity index is 1.47. The van der Waals surface area contributed by atoms with E-state index in [9.17, 15) is 0 Å². The number of ether oxygens (including phenoxy) is 1. The summed E-state index contributed by atoms with van der Waals surface area (Å²) in [5.74, 6) is 1.76. The number of rotatable bonds is 6. The lowest BCUT2D eigenvalue weighted by molar-refractivity contribution is 0.416. The summed E-state index contributed by atoms with van der Waals surface area (Å²) in [6, 6.07) is 14.3. The maximum absolute atomic E-state index is 5.39. The maximum Gasteiger partial charge on any atom is 0.249 e. The molecule has 7 heteroatoms. The summed E-state index contributed by atoms with van der Waals surface area (Å²) in [5, 5.41) is 14.6. The van der Waals surface area contributed by atoms with Crippen LogP contribution in [0.4, 0.5) is 28.8 Å². The smallest absolute Gasteiger partial charge is 0.249 e. The molecule has 0 unspecified atom stereocenters. The average Bonchev–Trinajstić information content (AvgIpc) is 3.24. The number of aryl methyl sites for hydroxylation is 1. The minimum absolute atomic E-state index is 0.405. The SMILES string of the molecule is COc1ccc(C)cc1Nc1nncc(Nc2ccc(N3CCCC3)cc2)n1. The first kappa shape index (κ1) is 18.0. The van der Waals surface area contributed by atoms with Gasteiger partial charge in [-0.25, -0.2) is 0 Å². The Morgan fingerprint density at radius 3 is 2.54 bits per heavy atom. The van der Waals surface area contributed by atoms with E-state index in [1.807, 2.05) is 25.1 Å². The fourth-order valence-corrected chi connectivity index (χ4v) is 3.34. The average molecular weight is 376 g/mol. The Kier molecular flexibility index (Phi) is 5.23. The van der Waals surface area contributed by atoms with Crippen molar-refractivity contribution in [2.45, 2.75) is 19.8 Å². The van der Waals surface area contributed by atoms with Crippen LogP contribution in [0.3, 0.4) is 0 Å². The molecule has 4 rings (SSSR count). The van der Waals surface area contributed by atoms with Gasteiger partial charge in [-0.05, 0) is 61.7 Å². The van der Waals surface area contributed by atoms with Crippen LogP contribution in [0.15, 0.2) is 48.7 Å². The van der Waals surface area contributed by atoms with Gasteiger partial charge in [-0.2, -0.15) is 10.1 Å². The molecular formula is C21H24N6O. The Labute approximate surface area is 164 Å². The van der Waals surface area contributed by atoms with Gasteiger partial charge in [0.25, 0.3) is 0 Å². The van der Waals surface area contributed by atoms with Gasteiger partial charge in [0.1, 0.15) is 5.75 Å². The van der Waals surface area contributed by atoms with Gasteiger partial charge in [-0.3, -0.25) is 0 Å². The zero-order valence-corrected chi connectivity index (χ0v) is 16.1. The van der Waals surface area contributed by atoms with Crippen LogP contribution in [0.5, 0.6) is 5.75 Å². The Morgan fingerprint density at radius 2 is 1.79 bits per heavy atom. The van der Waals surface area contributed by atoms with Crippen molar-refractivity contribution in [2.24, 2.45) is 0 Å². The number of hydrogen-bond donors (Lipinski definition) is 2. The molecule has 7 nitrogen and oxygen atoms in total. The third kappa shape index (κ3) is 4.14. The van der Waals surface area contributed by atoms with Crippen LogP contribution in [0, 0.1) is 6.92 Å². The first-order chi connectivity index (χ1) is 13.7. The number of nitrogens with one attached hydrogen (secondary N) is 2. The van der Waals surface area contributed by atoms with Crippen LogP contribution in [-0.4, -0.2) is 35.4 Å². The third-order valence-corrected chi connectivity index (χ3v) is 4.77. The van der Waals surface area contributed by atoms with Gasteiger partial charge in [-0.1, -0.05) is 6.07 Å². The molecule has 2 aromatic carbocycles. The van der Waals surface area contributed by atoms with Gasteiger partial charge in [0, 0.05) is 24.5 Å². The van der Waals surface area contributed by atoms with Crippen LogP contribution in [0.2, 0.25) is 0 Å². The summed E-state index contributed by atoms with van der Waals surface area (Å²) in [4.78, 5) is 6.92. The van der Waals surface area contributed by atoms with E-state index in [0.29, 0.717) is 11.8 Å². The second kappa shape index (κ2) is 8.12. The number of methoxy groups -OCH3 is 1. The van der Waals surface area contributed by atoms with Crippen molar-refractivity contribution < 1.29 is 4.74 Å². The lowest BCUT2D eigenvalue weighted by atomic mass is 10.2. The van der Waals surface area contributed by atoms with Gasteiger partial charge in [-0.15, -0.1) is 5.10 Å². The normalized spacial score (nSPS) is 13.4. The van der Waals surface area contributed by atoms with Crippen molar-refractivity contribution in [3.63, 3.8) is 0 Å². The molecule has 144 valence electrons. The Morgan fingerprint density at radius 1 is 1.00 bits per heavy atom. The summed E-state index contributed by atoms with van der Waals surface area (Å²) in [5.41, 5.74) is 4.14. The van der Waals surface area contributed by atoms with Crippen LogP contribution < -0.4 is 20.3 Å². The van der Waals surface area contributed by atoms with Crippen molar-refractivity contribution in [3.8, 4) is 5.75 Å². The molecule has 0 atom stereocenters. The van der Waals surface area contributed by atoms with E-state index in [0.717, 1.165) is 35.8 Å². The predicted octanol–water partition coefficient (Wildman–Crippen LogP) is 4.28. The lowest BCUT2D eigenvalue weighted by Gasteiger charge is -2.17. The summed E-state index contributed by atoms with van der Waals surface area (Å²) < 4.78 is 5.39. The Hall–Kier alpha value is -3.35. The molecular weight excluding hydrogens is 352 g/mol. The number of aromatic nitrogens is 3. The molecule has 1 saturated heterocycles. The third-order valence-electron chi connectivity index (χ3n) is 4.77. The monoisotopic (exact) mass is 376 g/mol. The fraction of sp³-hybridized carbons (Fsp3) is 0.286. The molecule has 0 radical (unpaired) electrons. The standard InChI is InChI=1S/C21H24N6O/c1-15-5-10-19(28-2)18(13-15)24-21-25-20(14-22-26-21)23-16-6-8-17(9-7-16)27-11-3-4-12-27/h5-10,13-14H,3-4,11-12H2,1-2H3,(H2,23,24,25,26). The highest BCUT2D eigenvalue weighted by molar-refractivity contribution is 5.65. The molecule has 0 amide bonds. The number of benzene rings is 2. The van der Waals surface area contributed by atoms with Crippen molar-refractivity contribution in [1.82, 2.24) is 15.2 Å². The van der Waals surface area contributed by atoms with Crippen LogP contribution in [-0.2, 0) is 0 Å². The largest absolute Gasteiger partial charge is 0.495 e. The second-order valence-corrected chi connectivity index (χ2v) is 6.86. The molecule has 1 fully saturated rings. The molecule has 2 heterocycles. The van der Waals surface area contributed by atoms with Gasteiger partial charge in [0.15, 0.2) is 5.82 Å². The van der Waals surface area contributed by atoms with Gasteiger partial charge >= 0.3 is 0 Å². The first-order valence-corrected chi connectivity index (χ1v) is 9.45. The van der Waals surface area contributed by atoms with Gasteiger partial charge in [0.05, 0.1) is 19.0 Å². The molecule has 0 saturated carbocycles. The molecule has 1 aliphatic rings. The van der Waals surface area contributed by atoms with E-state index in [1.54, 1.807) is 13.3 Å². The number of anilines is 5. The molecule has 0 spiro atoms. The van der Waals surface area contributed by atoms with E-state index in [2.05, 4.69) is 55.0 Å². The summed E-state index contributed by atoms with van der Waals surface area (Å²) >= 11 is 0. The molecule has 3 aromatic rings. The summed E-state index contributed by atoms with van der Waals surface area (Å²) in [6.07, 6.45) is 4.15. The summed E-state index contributed by atoms with van der Waals surface area (Å²) in [6.45, 7) is 4.30. The lowest BCUT2D eigenvalue weighted by Crippen LogP contribution is -2.17. The molecule has 28 heavy (non-hydrogen) atoms. The van der Waals surface area contributed by atoms with E-state index in [4.69, 9.17) is 4.74 Å². The van der Waals surface area contributed by atoms with Crippen LogP contribution in [0.25, 0.3) is 0 Å². The van der Waals surface area contributed by atoms with E-state index in [-0.39, 0.29) is 0 Å². The predicted molar refractivity (Wildman–Crippen MR) is 112 cm³/mol. The second-order valence-electron chi connectivity index (χ2n) is 6.86. The van der Waals surface area contributed by atoms with Gasteiger partial charge in [0.2, 0.25) is 5.95 Å². The number of hydrogen-bond acceptors (Lipinski definition) is 7. The highest BCUT2D eigenvalue weighted by atomic mass is 16.5. The van der Waals surface area contributed by atoms with Crippen molar-refractivity contribution in [1.29, 1.82) is 0 Å². The Bertz CT molecular complexity index is 938. The van der Waals surface area contributed by atoms with Gasteiger partial charge < -0.3 is 20.3 Å². The highest BCUT2D eigenvalue weighted by Crippen LogP contribution is 2.28. The topological polar surface area (TPSA) is 75.2 Å². The van der Waals surface area contributed by atoms with E-state index in [1.165, 1.54) is 18.5 Å². The molecule has 1 aromatic heterocycles. The van der Waals surface area contributed by atoms with E-state index >= 15 is 0 Å². The molecule has 2 N–H and O–H groups in total. The molecule has 0 aliphatic carbocycles. The van der Waals surface area contributed by atoms with Crippen molar-refractivity contribution >= 4 is 28.8 Å². The minimum atomic E-state index is 0.405. The fourth-order valence-electron chi connectivity index (χ4n) is 3.34. The minimum Gasteiger partial charge on any atom is -0.495 e. The quantitative estimate of drug-likeness (QED) is 0.665. The molecule has 1 aliphatic heterocycles. The zero-order chi connectivity index (χ0) is 19.3. The van der Waals surface area contributed by atoms with Crippen molar-refractivity contribution in [3.05, 3.63) is 54.2 Å². The highest BCUT2D eigenvalue weighted by Gasteiger charge is 2.12. The molecule has 0 bridgehead atoms. The van der Waals surface area contributed by atoms with Crippen LogP contribution >= 0.6 is 0 Å². The van der Waals surface area contributed by atoms with E-state index < -0.39 is 0 Å². The van der Waals surface area contributed by atoms with Crippen molar-refractivity contribution in [2.75, 3.05) is 35.7 Å². The van der Waals surface area contributed by atoms with Crippen LogP contribution in [0.1, 0.15) is 18.4 Å². The zero-order valence-electron chi connectivity index (χ0n) is 16.1. The maximum atomic E-state index is 5.39.